The third kappa shape index (κ3) is 3.03. The molecule has 0 fully saturated rings. The van der Waals surface area contributed by atoms with E-state index >= 15 is 0 Å². The molecule has 2 aromatic rings. The molecule has 0 saturated carbocycles. The number of benzene rings is 1. The zero-order valence-corrected chi connectivity index (χ0v) is 10.4. The third-order valence-corrected chi connectivity index (χ3v) is 2.47. The van der Waals surface area contributed by atoms with Crippen LogP contribution in [-0.2, 0) is 6.61 Å². The van der Waals surface area contributed by atoms with E-state index in [1.165, 1.54) is 5.56 Å². The maximum atomic E-state index is 5.58. The van der Waals surface area contributed by atoms with Gasteiger partial charge in [-0.15, -0.1) is 0 Å². The lowest BCUT2D eigenvalue weighted by molar-refractivity contribution is 0.295. The Hall–Kier alpha value is -1.42. The molecule has 0 aliphatic rings. The molecule has 1 aromatic carbocycles. The van der Waals surface area contributed by atoms with Crippen molar-refractivity contribution >= 4 is 15.9 Å². The van der Waals surface area contributed by atoms with Gasteiger partial charge in [0.1, 0.15) is 17.0 Å². The first-order chi connectivity index (χ1) is 7.74. The van der Waals surface area contributed by atoms with Gasteiger partial charge in [0.25, 0.3) is 0 Å². The second kappa shape index (κ2) is 5.07. The number of nitrogens with zero attached hydrogens (tertiary/aromatic N) is 2. The molecule has 1 heterocycles. The highest BCUT2D eigenvalue weighted by Crippen LogP contribution is 2.13. The highest BCUT2D eigenvalue weighted by molar-refractivity contribution is 9.10. The predicted molar refractivity (Wildman–Crippen MR) is 65.2 cm³/mol. The fraction of sp³-hybridized carbons (Fsp3) is 0.167. The standard InChI is InChI=1S/C12H11BrN2O/c1-9-3-2-4-10(7-9)16-8-12-14-6-5-11(13)15-12/h2-7H,8H2,1H3. The van der Waals surface area contributed by atoms with Gasteiger partial charge in [0, 0.05) is 6.20 Å². The van der Waals surface area contributed by atoms with E-state index in [4.69, 9.17) is 4.74 Å². The van der Waals surface area contributed by atoms with Crippen molar-refractivity contribution in [2.75, 3.05) is 0 Å². The van der Waals surface area contributed by atoms with Gasteiger partial charge in [0.2, 0.25) is 0 Å². The van der Waals surface area contributed by atoms with Gasteiger partial charge in [-0.1, -0.05) is 12.1 Å². The molecule has 1 aromatic heterocycles. The van der Waals surface area contributed by atoms with Gasteiger partial charge in [0.05, 0.1) is 0 Å². The predicted octanol–water partition coefficient (Wildman–Crippen LogP) is 3.13. The molecule has 16 heavy (non-hydrogen) atoms. The van der Waals surface area contributed by atoms with E-state index in [-0.39, 0.29) is 0 Å². The fourth-order valence-electron chi connectivity index (χ4n) is 1.30. The van der Waals surface area contributed by atoms with E-state index in [0.717, 1.165) is 10.4 Å². The molecule has 3 nitrogen and oxygen atoms in total. The molecule has 0 unspecified atom stereocenters. The molecule has 0 aliphatic heterocycles. The van der Waals surface area contributed by atoms with Crippen LogP contribution in [0.2, 0.25) is 0 Å². The van der Waals surface area contributed by atoms with Crippen LogP contribution < -0.4 is 4.74 Å². The average Bonchev–Trinajstić information content (AvgIpc) is 2.27. The van der Waals surface area contributed by atoms with Crippen LogP contribution in [0.15, 0.2) is 41.1 Å². The van der Waals surface area contributed by atoms with Gasteiger partial charge in [0.15, 0.2) is 5.82 Å². The van der Waals surface area contributed by atoms with Crippen LogP contribution in [0.5, 0.6) is 5.75 Å². The summed E-state index contributed by atoms with van der Waals surface area (Å²) in [6.07, 6.45) is 1.70. The number of rotatable bonds is 3. The number of hydrogen-bond acceptors (Lipinski definition) is 3. The van der Waals surface area contributed by atoms with Crippen molar-refractivity contribution < 1.29 is 4.74 Å². The smallest absolute Gasteiger partial charge is 0.167 e. The Kier molecular flexibility index (Phi) is 3.51. The summed E-state index contributed by atoms with van der Waals surface area (Å²) in [7, 11) is 0. The first-order valence-electron chi connectivity index (χ1n) is 4.91. The Labute approximate surface area is 103 Å². The number of ether oxygens (including phenoxy) is 1. The summed E-state index contributed by atoms with van der Waals surface area (Å²) in [6, 6.07) is 9.69. The minimum absolute atomic E-state index is 0.378. The quantitative estimate of drug-likeness (QED) is 0.810. The summed E-state index contributed by atoms with van der Waals surface area (Å²) in [6.45, 7) is 2.41. The van der Waals surface area contributed by atoms with Crippen molar-refractivity contribution in [2.45, 2.75) is 13.5 Å². The molecule has 0 aliphatic carbocycles. The molecule has 0 amide bonds. The van der Waals surface area contributed by atoms with E-state index in [9.17, 15) is 0 Å². The molecule has 0 bridgehead atoms. The summed E-state index contributed by atoms with van der Waals surface area (Å²) >= 11 is 3.29. The number of halogens is 1. The molecule has 2 rings (SSSR count). The van der Waals surface area contributed by atoms with Crippen LogP contribution in [-0.4, -0.2) is 9.97 Å². The summed E-state index contributed by atoms with van der Waals surface area (Å²) in [5, 5.41) is 0. The van der Waals surface area contributed by atoms with Crippen molar-refractivity contribution in [3.63, 3.8) is 0 Å². The first kappa shape index (κ1) is 11.1. The van der Waals surface area contributed by atoms with Crippen molar-refractivity contribution in [2.24, 2.45) is 0 Å². The number of aromatic nitrogens is 2. The Morgan fingerprint density at radius 3 is 2.94 bits per heavy atom. The monoisotopic (exact) mass is 278 g/mol. The molecule has 0 atom stereocenters. The topological polar surface area (TPSA) is 35.0 Å². The maximum Gasteiger partial charge on any atom is 0.167 e. The fourth-order valence-corrected chi connectivity index (χ4v) is 1.62. The summed E-state index contributed by atoms with van der Waals surface area (Å²) < 4.78 is 6.35. The molecule has 0 spiro atoms. The minimum Gasteiger partial charge on any atom is -0.486 e. The zero-order chi connectivity index (χ0) is 11.4. The molecule has 0 N–H and O–H groups in total. The van der Waals surface area contributed by atoms with Crippen LogP contribution in [0.25, 0.3) is 0 Å². The largest absolute Gasteiger partial charge is 0.486 e. The van der Waals surface area contributed by atoms with Crippen molar-refractivity contribution in [1.29, 1.82) is 0 Å². The van der Waals surface area contributed by atoms with Crippen LogP contribution >= 0.6 is 15.9 Å². The molecule has 4 heteroatoms. The number of aryl methyl sites for hydroxylation is 1. The van der Waals surface area contributed by atoms with E-state index in [2.05, 4.69) is 25.9 Å². The van der Waals surface area contributed by atoms with Crippen LogP contribution in [0.1, 0.15) is 11.4 Å². The highest BCUT2D eigenvalue weighted by Gasteiger charge is 1.99. The van der Waals surface area contributed by atoms with E-state index in [1.54, 1.807) is 12.3 Å². The Morgan fingerprint density at radius 1 is 1.31 bits per heavy atom. The van der Waals surface area contributed by atoms with Crippen molar-refractivity contribution in [3.05, 3.63) is 52.5 Å². The lowest BCUT2D eigenvalue weighted by atomic mass is 10.2. The highest BCUT2D eigenvalue weighted by atomic mass is 79.9. The van der Waals surface area contributed by atoms with Crippen molar-refractivity contribution in [3.8, 4) is 5.75 Å². The zero-order valence-electron chi connectivity index (χ0n) is 8.85. The average molecular weight is 279 g/mol. The third-order valence-electron chi connectivity index (χ3n) is 2.03. The van der Waals surface area contributed by atoms with Gasteiger partial charge in [-0.05, 0) is 46.6 Å². The van der Waals surface area contributed by atoms with E-state index in [1.807, 2.05) is 31.2 Å². The van der Waals surface area contributed by atoms with Crippen molar-refractivity contribution in [1.82, 2.24) is 9.97 Å². The lowest BCUT2D eigenvalue weighted by Crippen LogP contribution is -2.01. The first-order valence-corrected chi connectivity index (χ1v) is 5.70. The second-order valence-corrected chi connectivity index (χ2v) is 4.21. The molecular weight excluding hydrogens is 268 g/mol. The summed E-state index contributed by atoms with van der Waals surface area (Å²) in [4.78, 5) is 8.30. The SMILES string of the molecule is Cc1cccc(OCc2nccc(Br)n2)c1. The van der Waals surface area contributed by atoms with E-state index in [0.29, 0.717) is 12.4 Å². The van der Waals surface area contributed by atoms with Crippen LogP contribution in [0.3, 0.4) is 0 Å². The van der Waals surface area contributed by atoms with Gasteiger partial charge in [-0.25, -0.2) is 9.97 Å². The maximum absolute atomic E-state index is 5.58. The Bertz CT molecular complexity index is 442. The Morgan fingerprint density at radius 2 is 2.19 bits per heavy atom. The van der Waals surface area contributed by atoms with Gasteiger partial charge < -0.3 is 4.74 Å². The van der Waals surface area contributed by atoms with Crippen LogP contribution in [0.4, 0.5) is 0 Å². The minimum atomic E-state index is 0.378. The lowest BCUT2D eigenvalue weighted by Gasteiger charge is -2.05. The molecular formula is C12H11BrN2O. The summed E-state index contributed by atoms with van der Waals surface area (Å²) in [5.41, 5.74) is 1.17. The molecule has 82 valence electrons. The van der Waals surface area contributed by atoms with Crippen LogP contribution in [0, 0.1) is 6.92 Å². The van der Waals surface area contributed by atoms with Gasteiger partial charge >= 0.3 is 0 Å². The van der Waals surface area contributed by atoms with Gasteiger partial charge in [-0.3, -0.25) is 0 Å². The van der Waals surface area contributed by atoms with Gasteiger partial charge in [-0.2, -0.15) is 0 Å². The van der Waals surface area contributed by atoms with E-state index < -0.39 is 0 Å². The second-order valence-electron chi connectivity index (χ2n) is 3.40. The number of hydrogen-bond donors (Lipinski definition) is 0. The normalized spacial score (nSPS) is 10.1. The molecule has 0 radical (unpaired) electrons. The Balaban J connectivity index is 2.02. The summed E-state index contributed by atoms with van der Waals surface area (Å²) in [5.74, 6) is 1.50. The molecule has 0 saturated heterocycles.